The van der Waals surface area contributed by atoms with E-state index < -0.39 is 0 Å². The van der Waals surface area contributed by atoms with E-state index in [-0.39, 0.29) is 0 Å². The second-order valence-electron chi connectivity index (χ2n) is 6.42. The zero-order valence-corrected chi connectivity index (χ0v) is 15.1. The van der Waals surface area contributed by atoms with Crippen LogP contribution in [0.3, 0.4) is 0 Å². The Kier molecular flexibility index (Phi) is 8.47. The normalized spacial score (nSPS) is 10.9. The zero-order valence-electron chi connectivity index (χ0n) is 15.1. The van der Waals surface area contributed by atoms with Gasteiger partial charge in [0.2, 0.25) is 0 Å². The zero-order chi connectivity index (χ0) is 17.0. The Labute approximate surface area is 146 Å². The summed E-state index contributed by atoms with van der Waals surface area (Å²) in [7, 11) is 1.69. The van der Waals surface area contributed by atoms with Crippen LogP contribution in [0.2, 0.25) is 0 Å². The highest BCUT2D eigenvalue weighted by atomic mass is 16.5. The monoisotopic (exact) mass is 329 g/mol. The van der Waals surface area contributed by atoms with Crippen molar-refractivity contribution < 1.29 is 9.47 Å². The summed E-state index contributed by atoms with van der Waals surface area (Å²) in [5, 5.41) is 0. The third kappa shape index (κ3) is 6.79. The van der Waals surface area contributed by atoms with Gasteiger partial charge in [-0.1, -0.05) is 63.3 Å². The second kappa shape index (κ2) is 10.9. The first kappa shape index (κ1) is 18.6. The fourth-order valence-electron chi connectivity index (χ4n) is 2.82. The molecular weight excluding hydrogens is 298 g/mol. The first-order valence-electron chi connectivity index (χ1n) is 9.18. The molecule has 1 aromatic heterocycles. The maximum absolute atomic E-state index is 5.81. The summed E-state index contributed by atoms with van der Waals surface area (Å²) in [6.07, 6.45) is 11.2. The molecule has 0 aliphatic rings. The van der Waals surface area contributed by atoms with Crippen LogP contribution in [-0.4, -0.2) is 12.1 Å². The third-order valence-electron chi connectivity index (χ3n) is 4.26. The number of benzene rings is 1. The van der Waals surface area contributed by atoms with E-state index in [4.69, 9.17) is 9.47 Å². The van der Waals surface area contributed by atoms with Crippen molar-refractivity contribution in [1.82, 2.24) is 4.98 Å². The summed E-state index contributed by atoms with van der Waals surface area (Å²) in [5.74, 6) is 0.859. The van der Waals surface area contributed by atoms with Gasteiger partial charge in [0, 0.05) is 25.1 Å². The van der Waals surface area contributed by atoms with Crippen LogP contribution >= 0.6 is 0 Å². The van der Waals surface area contributed by atoms with Gasteiger partial charge in [-0.3, -0.25) is 0 Å². The lowest BCUT2D eigenvalue weighted by Gasteiger charge is -2.06. The van der Waals surface area contributed by atoms with Crippen LogP contribution in [0.1, 0.15) is 62.3 Å². The molecule has 24 heavy (non-hydrogen) atoms. The Morgan fingerprint density at radius 1 is 0.875 bits per heavy atom. The molecule has 0 aliphatic heterocycles. The Balaban J connectivity index is 1.67. The van der Waals surface area contributed by atoms with Crippen molar-refractivity contribution in [3.05, 3.63) is 53.3 Å². The Morgan fingerprint density at radius 3 is 2.33 bits per heavy atom. The molecule has 0 amide bonds. The molecule has 3 nitrogen and oxygen atoms in total. The van der Waals surface area contributed by atoms with E-state index in [1.807, 2.05) is 12.3 Å². The highest BCUT2D eigenvalue weighted by molar-refractivity contribution is 5.25. The van der Waals surface area contributed by atoms with E-state index in [2.05, 4.69) is 36.2 Å². The number of hydrogen-bond acceptors (Lipinski definition) is 2. The Hall–Kier alpha value is -1.74. The molecule has 0 fully saturated rings. The lowest BCUT2D eigenvalue weighted by Crippen LogP contribution is -1.95. The molecule has 132 valence electrons. The molecule has 0 radical (unpaired) electrons. The fraction of sp³-hybridized carbons (Fsp3) is 0.524. The standard InChI is InChI=1S/C21H31NO2/c1-3-4-5-6-7-8-9-18-10-12-19(13-11-18)16-24-21-14-20(17-23-2)22-15-21/h10-15,22H,3-9,16-17H2,1-2H3. The minimum Gasteiger partial charge on any atom is -0.487 e. The molecular formula is C21H31NO2. The quantitative estimate of drug-likeness (QED) is 0.511. The third-order valence-corrected chi connectivity index (χ3v) is 4.26. The van der Waals surface area contributed by atoms with Crippen molar-refractivity contribution in [3.8, 4) is 5.75 Å². The average molecular weight is 329 g/mol. The number of hydrogen-bond donors (Lipinski definition) is 1. The number of rotatable bonds is 12. The number of unbranched alkanes of at least 4 members (excludes halogenated alkanes) is 5. The number of H-pyrrole nitrogens is 1. The number of nitrogens with one attached hydrogen (secondary N) is 1. The summed E-state index contributed by atoms with van der Waals surface area (Å²) in [5.41, 5.74) is 3.66. The van der Waals surface area contributed by atoms with Gasteiger partial charge in [-0.15, -0.1) is 0 Å². The van der Waals surface area contributed by atoms with E-state index in [1.54, 1.807) is 7.11 Å². The number of aryl methyl sites for hydroxylation is 1. The van der Waals surface area contributed by atoms with Crippen molar-refractivity contribution in [2.24, 2.45) is 0 Å². The smallest absolute Gasteiger partial charge is 0.137 e. The lowest BCUT2D eigenvalue weighted by atomic mass is 10.0. The summed E-state index contributed by atoms with van der Waals surface area (Å²) in [4.78, 5) is 3.14. The van der Waals surface area contributed by atoms with Gasteiger partial charge in [0.1, 0.15) is 12.4 Å². The molecule has 1 aromatic carbocycles. The van der Waals surface area contributed by atoms with Crippen LogP contribution in [0.25, 0.3) is 0 Å². The number of aromatic amines is 1. The Bertz CT molecular complexity index is 559. The predicted molar refractivity (Wildman–Crippen MR) is 99.4 cm³/mol. The molecule has 1 N–H and O–H groups in total. The summed E-state index contributed by atoms with van der Waals surface area (Å²) in [6.45, 7) is 3.44. The SMILES string of the molecule is CCCCCCCCc1ccc(COc2c[nH]c(COC)c2)cc1. The van der Waals surface area contributed by atoms with Gasteiger partial charge in [-0.25, -0.2) is 0 Å². The number of methoxy groups -OCH3 is 1. The van der Waals surface area contributed by atoms with Crippen LogP contribution in [0.5, 0.6) is 5.75 Å². The summed E-state index contributed by atoms with van der Waals surface area (Å²) in [6, 6.07) is 10.8. The van der Waals surface area contributed by atoms with Crippen molar-refractivity contribution in [1.29, 1.82) is 0 Å². The summed E-state index contributed by atoms with van der Waals surface area (Å²) < 4.78 is 10.9. The molecule has 0 spiro atoms. The van der Waals surface area contributed by atoms with Crippen LogP contribution in [0, 0.1) is 0 Å². The molecule has 0 atom stereocenters. The maximum Gasteiger partial charge on any atom is 0.137 e. The van der Waals surface area contributed by atoms with Gasteiger partial charge in [-0.05, 0) is 24.0 Å². The molecule has 0 unspecified atom stereocenters. The first-order valence-corrected chi connectivity index (χ1v) is 9.18. The van der Waals surface area contributed by atoms with Gasteiger partial charge in [0.15, 0.2) is 0 Å². The van der Waals surface area contributed by atoms with E-state index in [0.717, 1.165) is 11.4 Å². The average Bonchev–Trinajstić information content (AvgIpc) is 3.05. The van der Waals surface area contributed by atoms with Gasteiger partial charge in [0.05, 0.1) is 6.61 Å². The van der Waals surface area contributed by atoms with Crippen molar-refractivity contribution in [2.75, 3.05) is 7.11 Å². The molecule has 0 saturated carbocycles. The van der Waals surface area contributed by atoms with E-state index in [1.165, 1.54) is 56.1 Å². The van der Waals surface area contributed by atoms with Gasteiger partial charge in [-0.2, -0.15) is 0 Å². The number of aromatic nitrogens is 1. The van der Waals surface area contributed by atoms with Crippen molar-refractivity contribution in [3.63, 3.8) is 0 Å². The van der Waals surface area contributed by atoms with E-state index in [0.29, 0.717) is 13.2 Å². The molecule has 1 heterocycles. The van der Waals surface area contributed by atoms with Crippen molar-refractivity contribution in [2.45, 2.75) is 65.1 Å². The fourth-order valence-corrected chi connectivity index (χ4v) is 2.82. The Morgan fingerprint density at radius 2 is 1.58 bits per heavy atom. The highest BCUT2D eigenvalue weighted by Gasteiger charge is 2.01. The molecule has 2 rings (SSSR count). The molecule has 0 saturated heterocycles. The molecule has 0 bridgehead atoms. The maximum atomic E-state index is 5.81. The van der Waals surface area contributed by atoms with Crippen LogP contribution in [0.4, 0.5) is 0 Å². The molecule has 2 aromatic rings. The first-order chi connectivity index (χ1) is 11.8. The van der Waals surface area contributed by atoms with Gasteiger partial charge in [0.25, 0.3) is 0 Å². The van der Waals surface area contributed by atoms with Gasteiger partial charge >= 0.3 is 0 Å². The van der Waals surface area contributed by atoms with Crippen LogP contribution < -0.4 is 4.74 Å². The van der Waals surface area contributed by atoms with E-state index >= 15 is 0 Å². The minimum absolute atomic E-state index is 0.580. The topological polar surface area (TPSA) is 34.2 Å². The highest BCUT2D eigenvalue weighted by Crippen LogP contribution is 2.16. The summed E-state index contributed by atoms with van der Waals surface area (Å²) >= 11 is 0. The lowest BCUT2D eigenvalue weighted by molar-refractivity contribution is 0.182. The minimum atomic E-state index is 0.580. The van der Waals surface area contributed by atoms with Crippen LogP contribution in [-0.2, 0) is 24.4 Å². The number of ether oxygens (including phenoxy) is 2. The van der Waals surface area contributed by atoms with Gasteiger partial charge < -0.3 is 14.5 Å². The van der Waals surface area contributed by atoms with Crippen molar-refractivity contribution >= 4 is 0 Å². The van der Waals surface area contributed by atoms with E-state index in [9.17, 15) is 0 Å². The second-order valence-corrected chi connectivity index (χ2v) is 6.42. The largest absolute Gasteiger partial charge is 0.487 e. The van der Waals surface area contributed by atoms with Crippen LogP contribution in [0.15, 0.2) is 36.5 Å². The molecule has 3 heteroatoms. The predicted octanol–water partition coefficient (Wildman–Crippen LogP) is 5.64. The molecule has 0 aliphatic carbocycles.